The number of nitrogens with one attached hydrogen (secondary N) is 1. The maximum atomic E-state index is 4.58. The summed E-state index contributed by atoms with van der Waals surface area (Å²) in [6, 6.07) is 1.21. The third kappa shape index (κ3) is 3.44. The second-order valence-corrected chi connectivity index (χ2v) is 5.33. The molecule has 1 atom stereocenters. The van der Waals surface area contributed by atoms with Crippen LogP contribution in [-0.4, -0.2) is 11.0 Å². The quantitative estimate of drug-likeness (QED) is 0.889. The summed E-state index contributed by atoms with van der Waals surface area (Å²) < 4.78 is 0. The van der Waals surface area contributed by atoms with Gasteiger partial charge in [-0.25, -0.2) is 4.98 Å². The Bertz CT molecular complexity index is 308. The summed E-state index contributed by atoms with van der Waals surface area (Å²) >= 11 is 1.79. The van der Waals surface area contributed by atoms with Crippen LogP contribution >= 0.6 is 23.7 Å². The summed E-state index contributed by atoms with van der Waals surface area (Å²) in [5.74, 6) is 0. The van der Waals surface area contributed by atoms with Crippen LogP contribution in [0.1, 0.15) is 55.8 Å². The first-order valence-corrected chi connectivity index (χ1v) is 6.85. The molecule has 1 N–H and O–H groups in total. The molecule has 1 fully saturated rings. The van der Waals surface area contributed by atoms with E-state index in [4.69, 9.17) is 0 Å². The van der Waals surface area contributed by atoms with E-state index in [2.05, 4.69) is 29.5 Å². The fourth-order valence-corrected chi connectivity index (χ4v) is 3.21. The average Bonchev–Trinajstić information content (AvgIpc) is 2.85. The van der Waals surface area contributed by atoms with E-state index in [9.17, 15) is 0 Å². The van der Waals surface area contributed by atoms with Crippen molar-refractivity contribution < 1.29 is 0 Å². The van der Waals surface area contributed by atoms with Crippen LogP contribution in [0.2, 0.25) is 0 Å². The first-order valence-electron chi connectivity index (χ1n) is 5.97. The van der Waals surface area contributed by atoms with E-state index in [1.165, 1.54) is 30.7 Å². The molecule has 0 bridgehead atoms. The molecule has 0 aromatic carbocycles. The molecule has 2 nitrogen and oxygen atoms in total. The topological polar surface area (TPSA) is 24.9 Å². The lowest BCUT2D eigenvalue weighted by Crippen LogP contribution is -2.30. The van der Waals surface area contributed by atoms with Crippen molar-refractivity contribution in [2.24, 2.45) is 0 Å². The smallest absolute Gasteiger partial charge is 0.110 e. The van der Waals surface area contributed by atoms with Crippen LogP contribution in [0.3, 0.4) is 0 Å². The van der Waals surface area contributed by atoms with Crippen molar-refractivity contribution >= 4 is 23.7 Å². The van der Waals surface area contributed by atoms with Gasteiger partial charge in [0, 0.05) is 17.1 Å². The second-order valence-electron chi connectivity index (χ2n) is 4.44. The third-order valence-corrected chi connectivity index (χ3v) is 4.21. The van der Waals surface area contributed by atoms with Crippen molar-refractivity contribution in [1.29, 1.82) is 0 Å². The molecule has 0 spiro atoms. The lowest BCUT2D eigenvalue weighted by atomic mass is 10.1. The van der Waals surface area contributed by atoms with Gasteiger partial charge in [0.05, 0.1) is 6.04 Å². The number of aryl methyl sites for hydroxylation is 1. The molecular weight excluding hydrogens is 240 g/mol. The van der Waals surface area contributed by atoms with E-state index in [0.29, 0.717) is 6.04 Å². The van der Waals surface area contributed by atoms with Crippen molar-refractivity contribution in [3.8, 4) is 0 Å². The van der Waals surface area contributed by atoms with Gasteiger partial charge in [-0.05, 0) is 26.2 Å². The molecule has 1 aromatic rings. The number of hydrogen-bond acceptors (Lipinski definition) is 3. The molecule has 1 aromatic heterocycles. The molecule has 0 amide bonds. The number of halogens is 1. The maximum absolute atomic E-state index is 4.58. The zero-order valence-electron chi connectivity index (χ0n) is 10.0. The second kappa shape index (κ2) is 6.58. The van der Waals surface area contributed by atoms with Crippen molar-refractivity contribution in [3.05, 3.63) is 16.1 Å². The van der Waals surface area contributed by atoms with Crippen LogP contribution in [0.4, 0.5) is 0 Å². The molecule has 2 rings (SSSR count). The number of aromatic nitrogens is 1. The highest BCUT2D eigenvalue weighted by molar-refractivity contribution is 7.09. The van der Waals surface area contributed by atoms with Gasteiger partial charge in [-0.2, -0.15) is 0 Å². The molecule has 0 aliphatic heterocycles. The number of rotatable bonds is 4. The molecule has 0 saturated heterocycles. The number of thiazole rings is 1. The van der Waals surface area contributed by atoms with Crippen LogP contribution in [0, 0.1) is 6.92 Å². The monoisotopic (exact) mass is 260 g/mol. The van der Waals surface area contributed by atoms with Gasteiger partial charge in [-0.3, -0.25) is 0 Å². The molecule has 0 radical (unpaired) electrons. The predicted octanol–water partition coefficient (Wildman–Crippen LogP) is 3.86. The SMILES string of the molecule is CCC(NC1CCCC1)c1nc(C)cs1.Cl. The summed E-state index contributed by atoms with van der Waals surface area (Å²) in [6.45, 7) is 4.31. The van der Waals surface area contributed by atoms with Crippen LogP contribution in [0.5, 0.6) is 0 Å². The van der Waals surface area contributed by atoms with E-state index >= 15 is 0 Å². The Balaban J connectivity index is 0.00000128. The van der Waals surface area contributed by atoms with E-state index < -0.39 is 0 Å². The zero-order chi connectivity index (χ0) is 10.7. The van der Waals surface area contributed by atoms with Crippen LogP contribution < -0.4 is 5.32 Å². The minimum atomic E-state index is 0. The van der Waals surface area contributed by atoms with E-state index in [0.717, 1.165) is 18.2 Å². The Hall–Kier alpha value is -0.120. The summed E-state index contributed by atoms with van der Waals surface area (Å²) in [5.41, 5.74) is 1.15. The van der Waals surface area contributed by atoms with Gasteiger partial charge < -0.3 is 5.32 Å². The Morgan fingerprint density at radius 2 is 2.19 bits per heavy atom. The molecular formula is C12H21ClN2S. The normalized spacial score (nSPS) is 18.4. The van der Waals surface area contributed by atoms with Gasteiger partial charge in [0.2, 0.25) is 0 Å². The predicted molar refractivity (Wildman–Crippen MR) is 72.5 cm³/mol. The Morgan fingerprint density at radius 1 is 1.50 bits per heavy atom. The third-order valence-electron chi connectivity index (χ3n) is 3.14. The van der Waals surface area contributed by atoms with Crippen molar-refractivity contribution in [2.75, 3.05) is 0 Å². The summed E-state index contributed by atoms with van der Waals surface area (Å²) in [7, 11) is 0. The number of hydrogen-bond donors (Lipinski definition) is 1. The highest BCUT2D eigenvalue weighted by Crippen LogP contribution is 2.25. The Kier molecular flexibility index (Phi) is 5.73. The minimum absolute atomic E-state index is 0. The highest BCUT2D eigenvalue weighted by atomic mass is 35.5. The molecule has 4 heteroatoms. The molecule has 16 heavy (non-hydrogen) atoms. The molecule has 1 aliphatic rings. The van der Waals surface area contributed by atoms with Crippen LogP contribution in [0.25, 0.3) is 0 Å². The van der Waals surface area contributed by atoms with Crippen molar-refractivity contribution in [2.45, 2.75) is 58.0 Å². The standard InChI is InChI=1S/C12H20N2S.ClH/c1-3-11(12-13-9(2)8-15-12)14-10-6-4-5-7-10;/h8,10-11,14H,3-7H2,1-2H3;1H. The van der Waals surface area contributed by atoms with Gasteiger partial charge in [0.15, 0.2) is 0 Å². The minimum Gasteiger partial charge on any atom is -0.305 e. The first kappa shape index (κ1) is 13.9. The summed E-state index contributed by atoms with van der Waals surface area (Å²) in [6.07, 6.45) is 6.63. The molecule has 1 unspecified atom stereocenters. The molecule has 1 heterocycles. The fraction of sp³-hybridized carbons (Fsp3) is 0.750. The van der Waals surface area contributed by atoms with E-state index in [-0.39, 0.29) is 12.4 Å². The lowest BCUT2D eigenvalue weighted by molar-refractivity contribution is 0.429. The summed E-state index contributed by atoms with van der Waals surface area (Å²) in [5, 5.41) is 7.16. The van der Waals surface area contributed by atoms with Gasteiger partial charge in [-0.1, -0.05) is 19.8 Å². The molecule has 1 saturated carbocycles. The van der Waals surface area contributed by atoms with E-state index in [1.807, 2.05) is 0 Å². The van der Waals surface area contributed by atoms with Crippen molar-refractivity contribution in [1.82, 2.24) is 10.3 Å². The van der Waals surface area contributed by atoms with E-state index in [1.54, 1.807) is 11.3 Å². The van der Waals surface area contributed by atoms with Crippen LogP contribution in [0.15, 0.2) is 5.38 Å². The Morgan fingerprint density at radius 3 is 2.69 bits per heavy atom. The van der Waals surface area contributed by atoms with Gasteiger partial charge in [0.25, 0.3) is 0 Å². The highest BCUT2D eigenvalue weighted by Gasteiger charge is 2.20. The van der Waals surface area contributed by atoms with Gasteiger partial charge in [0.1, 0.15) is 5.01 Å². The molecule has 1 aliphatic carbocycles. The Labute approximate surface area is 108 Å². The largest absolute Gasteiger partial charge is 0.305 e. The fourth-order valence-electron chi connectivity index (χ4n) is 2.27. The average molecular weight is 261 g/mol. The van der Waals surface area contributed by atoms with Gasteiger partial charge in [-0.15, -0.1) is 23.7 Å². The van der Waals surface area contributed by atoms with Crippen LogP contribution in [-0.2, 0) is 0 Å². The van der Waals surface area contributed by atoms with Gasteiger partial charge >= 0.3 is 0 Å². The number of nitrogens with zero attached hydrogens (tertiary/aromatic N) is 1. The molecule has 92 valence electrons. The summed E-state index contributed by atoms with van der Waals surface area (Å²) in [4.78, 5) is 4.58. The van der Waals surface area contributed by atoms with Crippen molar-refractivity contribution in [3.63, 3.8) is 0 Å². The zero-order valence-corrected chi connectivity index (χ0v) is 11.7. The first-order chi connectivity index (χ1) is 7.29. The maximum Gasteiger partial charge on any atom is 0.110 e. The lowest BCUT2D eigenvalue weighted by Gasteiger charge is -2.19.